The van der Waals surface area contributed by atoms with E-state index >= 15 is 0 Å². The summed E-state index contributed by atoms with van der Waals surface area (Å²) in [6.45, 7) is 0.184. The van der Waals surface area contributed by atoms with Gasteiger partial charge in [-0.25, -0.2) is 8.78 Å². The molecule has 0 aliphatic heterocycles. The Morgan fingerprint density at radius 1 is 1.21 bits per heavy atom. The van der Waals surface area contributed by atoms with Crippen molar-refractivity contribution in [2.24, 2.45) is 5.73 Å². The van der Waals surface area contributed by atoms with E-state index in [2.05, 4.69) is 4.98 Å². The summed E-state index contributed by atoms with van der Waals surface area (Å²) in [6, 6.07) is 6.76. The SMILES string of the molecule is NC(=S)c1cc(COc2ccc(F)c(F)c2)ccn1. The van der Waals surface area contributed by atoms with E-state index in [1.807, 2.05) is 0 Å². The number of rotatable bonds is 4. The number of ether oxygens (including phenoxy) is 1. The molecule has 2 N–H and O–H groups in total. The van der Waals surface area contributed by atoms with Crippen molar-refractivity contribution < 1.29 is 13.5 Å². The first-order valence-corrected chi connectivity index (χ1v) is 5.79. The third-order valence-corrected chi connectivity index (χ3v) is 2.58. The van der Waals surface area contributed by atoms with Gasteiger partial charge in [-0.2, -0.15) is 0 Å². The predicted molar refractivity (Wildman–Crippen MR) is 70.8 cm³/mol. The fraction of sp³-hybridized carbons (Fsp3) is 0.0769. The van der Waals surface area contributed by atoms with Gasteiger partial charge >= 0.3 is 0 Å². The van der Waals surface area contributed by atoms with Crippen LogP contribution in [0.25, 0.3) is 0 Å². The maximum atomic E-state index is 13.0. The van der Waals surface area contributed by atoms with E-state index in [4.69, 9.17) is 22.7 Å². The second-order valence-corrected chi connectivity index (χ2v) is 4.22. The highest BCUT2D eigenvalue weighted by Gasteiger charge is 2.04. The van der Waals surface area contributed by atoms with Crippen molar-refractivity contribution in [1.82, 2.24) is 4.98 Å². The first kappa shape index (κ1) is 13.4. The normalized spacial score (nSPS) is 10.2. The molecule has 0 saturated carbocycles. The maximum absolute atomic E-state index is 13.0. The van der Waals surface area contributed by atoms with E-state index in [-0.39, 0.29) is 17.3 Å². The second-order valence-electron chi connectivity index (χ2n) is 3.78. The molecule has 3 nitrogen and oxygen atoms in total. The van der Waals surface area contributed by atoms with Gasteiger partial charge in [-0.1, -0.05) is 12.2 Å². The molecule has 0 unspecified atom stereocenters. The van der Waals surface area contributed by atoms with Crippen LogP contribution in [0.4, 0.5) is 8.78 Å². The number of halogens is 2. The minimum Gasteiger partial charge on any atom is -0.489 e. The molecule has 0 radical (unpaired) electrons. The molecule has 0 saturated heterocycles. The van der Waals surface area contributed by atoms with Gasteiger partial charge in [0.25, 0.3) is 0 Å². The molecule has 98 valence electrons. The van der Waals surface area contributed by atoms with Crippen molar-refractivity contribution in [2.45, 2.75) is 6.61 Å². The Balaban J connectivity index is 2.07. The lowest BCUT2D eigenvalue weighted by molar-refractivity contribution is 0.303. The topological polar surface area (TPSA) is 48.1 Å². The lowest BCUT2D eigenvalue weighted by Gasteiger charge is -2.07. The molecule has 1 heterocycles. The first-order valence-electron chi connectivity index (χ1n) is 5.39. The molecule has 2 rings (SSSR count). The molecule has 0 aliphatic carbocycles. The van der Waals surface area contributed by atoms with Crippen LogP contribution in [0, 0.1) is 11.6 Å². The Kier molecular flexibility index (Phi) is 4.01. The highest BCUT2D eigenvalue weighted by Crippen LogP contribution is 2.17. The van der Waals surface area contributed by atoms with Gasteiger partial charge in [0.1, 0.15) is 17.3 Å². The Morgan fingerprint density at radius 3 is 2.68 bits per heavy atom. The average molecular weight is 280 g/mol. The summed E-state index contributed by atoms with van der Waals surface area (Å²) in [6.07, 6.45) is 1.55. The highest BCUT2D eigenvalue weighted by atomic mass is 32.1. The number of pyridine rings is 1. The van der Waals surface area contributed by atoms with Gasteiger partial charge in [0.15, 0.2) is 11.6 Å². The lowest BCUT2D eigenvalue weighted by atomic mass is 10.2. The molecule has 0 amide bonds. The van der Waals surface area contributed by atoms with Crippen molar-refractivity contribution in [3.05, 3.63) is 59.4 Å². The largest absolute Gasteiger partial charge is 0.489 e. The summed E-state index contributed by atoms with van der Waals surface area (Å²) in [5.41, 5.74) is 6.73. The van der Waals surface area contributed by atoms with Crippen LogP contribution in [0.2, 0.25) is 0 Å². The van der Waals surface area contributed by atoms with Crippen LogP contribution < -0.4 is 10.5 Å². The summed E-state index contributed by atoms with van der Waals surface area (Å²) in [4.78, 5) is 4.18. The predicted octanol–water partition coefficient (Wildman–Crippen LogP) is 2.57. The summed E-state index contributed by atoms with van der Waals surface area (Å²) in [5, 5.41) is 0. The fourth-order valence-electron chi connectivity index (χ4n) is 1.43. The lowest BCUT2D eigenvalue weighted by Crippen LogP contribution is -2.12. The number of benzene rings is 1. The van der Waals surface area contributed by atoms with E-state index in [9.17, 15) is 8.78 Å². The molecule has 0 aliphatic rings. The second kappa shape index (κ2) is 5.71. The smallest absolute Gasteiger partial charge is 0.162 e. The zero-order chi connectivity index (χ0) is 13.8. The number of hydrogen-bond donors (Lipinski definition) is 1. The zero-order valence-electron chi connectivity index (χ0n) is 9.77. The Hall–Kier alpha value is -2.08. The Labute approximate surface area is 114 Å². The van der Waals surface area contributed by atoms with Crippen LogP contribution in [0.5, 0.6) is 5.75 Å². The minimum absolute atomic E-state index is 0.184. The van der Waals surface area contributed by atoms with Gasteiger partial charge in [-0.3, -0.25) is 4.98 Å². The summed E-state index contributed by atoms with van der Waals surface area (Å²) in [7, 11) is 0. The van der Waals surface area contributed by atoms with Gasteiger partial charge in [0.2, 0.25) is 0 Å². The monoisotopic (exact) mass is 280 g/mol. The zero-order valence-corrected chi connectivity index (χ0v) is 10.6. The van der Waals surface area contributed by atoms with Gasteiger partial charge in [0.05, 0.1) is 5.69 Å². The minimum atomic E-state index is -0.948. The van der Waals surface area contributed by atoms with Gasteiger partial charge < -0.3 is 10.5 Å². The van der Waals surface area contributed by atoms with Crippen molar-refractivity contribution in [2.75, 3.05) is 0 Å². The molecular weight excluding hydrogens is 270 g/mol. The van der Waals surface area contributed by atoms with Gasteiger partial charge in [-0.15, -0.1) is 0 Å². The van der Waals surface area contributed by atoms with E-state index in [0.29, 0.717) is 5.69 Å². The van der Waals surface area contributed by atoms with Crippen LogP contribution in [0.1, 0.15) is 11.3 Å². The number of nitrogens with two attached hydrogens (primary N) is 1. The maximum Gasteiger partial charge on any atom is 0.162 e. The molecule has 0 bridgehead atoms. The summed E-state index contributed by atoms with van der Waals surface area (Å²) in [5.74, 6) is -1.62. The molecule has 1 aromatic carbocycles. The van der Waals surface area contributed by atoms with E-state index < -0.39 is 11.6 Å². The van der Waals surface area contributed by atoms with Crippen molar-refractivity contribution in [3.8, 4) is 5.75 Å². The fourth-order valence-corrected chi connectivity index (χ4v) is 1.54. The molecular formula is C13H10F2N2OS. The van der Waals surface area contributed by atoms with Gasteiger partial charge in [0, 0.05) is 12.3 Å². The van der Waals surface area contributed by atoms with Crippen LogP contribution in [0.3, 0.4) is 0 Å². The molecule has 0 fully saturated rings. The third-order valence-electron chi connectivity index (χ3n) is 2.37. The number of hydrogen-bond acceptors (Lipinski definition) is 3. The Bertz CT molecular complexity index is 619. The molecule has 0 spiro atoms. The summed E-state index contributed by atoms with van der Waals surface area (Å²) < 4.78 is 31.1. The molecule has 0 atom stereocenters. The molecule has 6 heteroatoms. The Morgan fingerprint density at radius 2 is 2.00 bits per heavy atom. The van der Waals surface area contributed by atoms with Crippen LogP contribution in [-0.2, 0) is 6.61 Å². The molecule has 2 aromatic rings. The van der Waals surface area contributed by atoms with E-state index in [1.165, 1.54) is 6.07 Å². The van der Waals surface area contributed by atoms with Crippen LogP contribution in [0.15, 0.2) is 36.5 Å². The van der Waals surface area contributed by atoms with E-state index in [0.717, 1.165) is 17.7 Å². The highest BCUT2D eigenvalue weighted by molar-refractivity contribution is 7.80. The third kappa shape index (κ3) is 3.45. The summed E-state index contributed by atoms with van der Waals surface area (Å²) >= 11 is 4.81. The van der Waals surface area contributed by atoms with Gasteiger partial charge in [-0.05, 0) is 29.8 Å². The first-order chi connectivity index (χ1) is 9.06. The molecule has 1 aromatic heterocycles. The average Bonchev–Trinajstić information content (AvgIpc) is 2.40. The molecule has 19 heavy (non-hydrogen) atoms. The van der Waals surface area contributed by atoms with E-state index in [1.54, 1.807) is 18.3 Å². The van der Waals surface area contributed by atoms with Crippen molar-refractivity contribution in [1.29, 1.82) is 0 Å². The quantitative estimate of drug-likeness (QED) is 0.874. The van der Waals surface area contributed by atoms with Crippen LogP contribution >= 0.6 is 12.2 Å². The van der Waals surface area contributed by atoms with Crippen molar-refractivity contribution >= 4 is 17.2 Å². The number of thiocarbonyl (C=S) groups is 1. The standard InChI is InChI=1S/C13H10F2N2OS/c14-10-2-1-9(6-11(10)15)18-7-8-3-4-17-12(5-8)13(16)19/h1-6H,7H2,(H2,16,19). The van der Waals surface area contributed by atoms with Crippen molar-refractivity contribution in [3.63, 3.8) is 0 Å². The van der Waals surface area contributed by atoms with Crippen LogP contribution in [-0.4, -0.2) is 9.97 Å². The number of aromatic nitrogens is 1. The number of nitrogens with zero attached hydrogens (tertiary/aromatic N) is 1.